The number of aromatic hydroxyl groups is 1. The number of phenols is 1. The lowest BCUT2D eigenvalue weighted by Crippen LogP contribution is -2.03. The first-order valence-corrected chi connectivity index (χ1v) is 5.32. The highest BCUT2D eigenvalue weighted by Gasteiger charge is 2.16. The van der Waals surface area contributed by atoms with E-state index in [1.165, 1.54) is 0 Å². The van der Waals surface area contributed by atoms with Crippen LogP contribution >= 0.6 is 0 Å². The molecule has 0 bridgehead atoms. The first-order valence-electron chi connectivity index (χ1n) is 3.88. The van der Waals surface area contributed by atoms with Crippen LogP contribution in [0.2, 0.25) is 0 Å². The summed E-state index contributed by atoms with van der Waals surface area (Å²) in [5.41, 5.74) is 0. The van der Waals surface area contributed by atoms with E-state index < -0.39 is 10.1 Å². The molecule has 0 atom stereocenters. The lowest BCUT2D eigenvalue weighted by atomic mass is 10.3. The Morgan fingerprint density at radius 1 is 1.43 bits per heavy atom. The zero-order chi connectivity index (χ0) is 10.8. The van der Waals surface area contributed by atoms with Gasteiger partial charge in [-0.05, 0) is 19.1 Å². The van der Waals surface area contributed by atoms with Crippen LogP contribution in [0.5, 0.6) is 11.5 Å². The predicted octanol–water partition coefficient (Wildman–Crippen LogP) is 1.04. The molecule has 0 aliphatic rings. The van der Waals surface area contributed by atoms with E-state index >= 15 is 0 Å². The summed E-state index contributed by atoms with van der Waals surface area (Å²) in [5, 5.41) is 9.07. The highest BCUT2D eigenvalue weighted by atomic mass is 32.2. The molecule has 1 rings (SSSR count). The number of hydrogen-bond acceptors (Lipinski definition) is 4. The molecule has 0 radical (unpaired) electrons. The lowest BCUT2D eigenvalue weighted by Gasteiger charge is -2.07. The summed E-state index contributed by atoms with van der Waals surface area (Å²) in [6, 6.07) is 3.37. The minimum absolute atomic E-state index is 0.0602. The van der Waals surface area contributed by atoms with Crippen LogP contribution in [0.15, 0.2) is 23.1 Å². The fourth-order valence-electron chi connectivity index (χ4n) is 0.978. The average Bonchev–Trinajstić information content (AvgIpc) is 2.02. The van der Waals surface area contributed by atoms with Crippen LogP contribution in [0, 0.1) is 0 Å². The minimum Gasteiger partial charge on any atom is -0.508 e. The molecule has 0 aliphatic carbocycles. The van der Waals surface area contributed by atoms with Gasteiger partial charge < -0.3 is 9.84 Å². The van der Waals surface area contributed by atoms with E-state index in [4.69, 9.17) is 14.4 Å². The molecule has 0 saturated heterocycles. The maximum absolute atomic E-state index is 10.8. The molecule has 0 amide bonds. The van der Waals surface area contributed by atoms with Gasteiger partial charge in [-0.25, -0.2) is 0 Å². The van der Waals surface area contributed by atoms with Gasteiger partial charge in [-0.15, -0.1) is 0 Å². The van der Waals surface area contributed by atoms with Crippen molar-refractivity contribution in [3.05, 3.63) is 18.2 Å². The molecule has 0 unspecified atom stereocenters. The van der Waals surface area contributed by atoms with Gasteiger partial charge in [0.1, 0.15) is 16.4 Å². The smallest absolute Gasteiger partial charge is 0.298 e. The zero-order valence-corrected chi connectivity index (χ0v) is 8.28. The van der Waals surface area contributed by atoms with E-state index in [0.717, 1.165) is 18.2 Å². The number of hydrogen-bond donors (Lipinski definition) is 2. The molecule has 0 aromatic heterocycles. The third-order valence-corrected chi connectivity index (χ3v) is 2.40. The van der Waals surface area contributed by atoms with E-state index in [1.807, 2.05) is 0 Å². The number of rotatable bonds is 3. The van der Waals surface area contributed by atoms with Crippen molar-refractivity contribution in [2.24, 2.45) is 0 Å². The van der Waals surface area contributed by atoms with Crippen molar-refractivity contribution in [3.63, 3.8) is 0 Å². The molecular weight excluding hydrogens is 208 g/mol. The Morgan fingerprint density at radius 3 is 2.57 bits per heavy atom. The van der Waals surface area contributed by atoms with Crippen molar-refractivity contribution in [2.75, 3.05) is 6.61 Å². The van der Waals surface area contributed by atoms with Crippen LogP contribution in [-0.2, 0) is 10.1 Å². The van der Waals surface area contributed by atoms with Crippen molar-refractivity contribution < 1.29 is 22.8 Å². The highest BCUT2D eigenvalue weighted by molar-refractivity contribution is 7.86. The minimum atomic E-state index is -4.31. The van der Waals surface area contributed by atoms with E-state index in [-0.39, 0.29) is 23.0 Å². The van der Waals surface area contributed by atoms with Crippen molar-refractivity contribution >= 4 is 10.1 Å². The molecule has 0 spiro atoms. The van der Waals surface area contributed by atoms with Gasteiger partial charge in [-0.2, -0.15) is 8.42 Å². The Balaban J connectivity index is 3.29. The molecule has 0 heterocycles. The van der Waals surface area contributed by atoms with Crippen LogP contribution in [0.3, 0.4) is 0 Å². The zero-order valence-electron chi connectivity index (χ0n) is 7.47. The van der Waals surface area contributed by atoms with Crippen molar-refractivity contribution in [1.82, 2.24) is 0 Å². The summed E-state index contributed by atoms with van der Waals surface area (Å²) in [5.74, 6) is -0.184. The Kier molecular flexibility index (Phi) is 2.97. The SMILES string of the molecule is CCOc1cc(O)ccc1S(=O)(=O)O. The van der Waals surface area contributed by atoms with E-state index in [1.54, 1.807) is 6.92 Å². The molecule has 14 heavy (non-hydrogen) atoms. The van der Waals surface area contributed by atoms with E-state index in [0.29, 0.717) is 0 Å². The Bertz CT molecular complexity index is 423. The van der Waals surface area contributed by atoms with E-state index in [2.05, 4.69) is 0 Å². The summed E-state index contributed by atoms with van der Waals surface area (Å²) in [6.07, 6.45) is 0. The number of phenolic OH excluding ortho intramolecular Hbond substituents is 1. The Hall–Kier alpha value is -1.27. The van der Waals surface area contributed by atoms with Crippen LogP contribution in [-0.4, -0.2) is 24.7 Å². The monoisotopic (exact) mass is 218 g/mol. The highest BCUT2D eigenvalue weighted by Crippen LogP contribution is 2.27. The van der Waals surface area contributed by atoms with Crippen LogP contribution < -0.4 is 4.74 Å². The van der Waals surface area contributed by atoms with Gasteiger partial charge in [0.25, 0.3) is 10.1 Å². The van der Waals surface area contributed by atoms with Crippen molar-refractivity contribution in [3.8, 4) is 11.5 Å². The standard InChI is InChI=1S/C8H10O5S/c1-2-13-7-5-6(9)3-4-8(7)14(10,11)12/h3-5,9H,2H2,1H3,(H,10,11,12). The summed E-state index contributed by atoms with van der Waals surface area (Å²) >= 11 is 0. The van der Waals surface area contributed by atoms with Gasteiger partial charge in [-0.3, -0.25) is 4.55 Å². The number of benzene rings is 1. The van der Waals surface area contributed by atoms with Gasteiger partial charge in [0.2, 0.25) is 0 Å². The Labute approximate surface area is 81.7 Å². The average molecular weight is 218 g/mol. The molecule has 78 valence electrons. The first-order chi connectivity index (χ1) is 6.45. The van der Waals surface area contributed by atoms with Crippen molar-refractivity contribution in [2.45, 2.75) is 11.8 Å². The van der Waals surface area contributed by atoms with Crippen LogP contribution in [0.4, 0.5) is 0 Å². The molecule has 0 fully saturated rings. The Morgan fingerprint density at radius 2 is 2.07 bits per heavy atom. The topological polar surface area (TPSA) is 83.8 Å². The summed E-state index contributed by atoms with van der Waals surface area (Å²) < 4.78 is 35.4. The van der Waals surface area contributed by atoms with Gasteiger partial charge in [0.05, 0.1) is 6.61 Å². The molecule has 0 aliphatic heterocycles. The molecular formula is C8H10O5S. The van der Waals surface area contributed by atoms with Gasteiger partial charge in [0.15, 0.2) is 0 Å². The second-order valence-corrected chi connectivity index (χ2v) is 3.93. The third-order valence-electron chi connectivity index (χ3n) is 1.51. The summed E-state index contributed by atoms with van der Waals surface area (Å²) in [7, 11) is -4.31. The van der Waals surface area contributed by atoms with E-state index in [9.17, 15) is 8.42 Å². The predicted molar refractivity (Wildman–Crippen MR) is 49.1 cm³/mol. The molecule has 5 nitrogen and oxygen atoms in total. The second-order valence-electron chi connectivity index (χ2n) is 2.54. The van der Waals surface area contributed by atoms with Crippen molar-refractivity contribution in [1.29, 1.82) is 0 Å². The largest absolute Gasteiger partial charge is 0.508 e. The van der Waals surface area contributed by atoms with Crippen LogP contribution in [0.1, 0.15) is 6.92 Å². The van der Waals surface area contributed by atoms with Gasteiger partial charge >= 0.3 is 0 Å². The van der Waals surface area contributed by atoms with Crippen LogP contribution in [0.25, 0.3) is 0 Å². The molecule has 1 aromatic carbocycles. The third kappa shape index (κ3) is 2.36. The fourth-order valence-corrected chi connectivity index (χ4v) is 1.59. The maximum atomic E-state index is 10.8. The summed E-state index contributed by atoms with van der Waals surface area (Å²) in [6.45, 7) is 1.91. The molecule has 6 heteroatoms. The lowest BCUT2D eigenvalue weighted by molar-refractivity contribution is 0.326. The molecule has 2 N–H and O–H groups in total. The van der Waals surface area contributed by atoms with Gasteiger partial charge in [-0.1, -0.05) is 0 Å². The molecule has 1 aromatic rings. The fraction of sp³-hybridized carbons (Fsp3) is 0.250. The maximum Gasteiger partial charge on any atom is 0.298 e. The second kappa shape index (κ2) is 3.85. The quantitative estimate of drug-likeness (QED) is 0.740. The number of ether oxygens (including phenoxy) is 1. The summed E-state index contributed by atoms with van der Waals surface area (Å²) in [4.78, 5) is -0.350. The normalized spacial score (nSPS) is 11.3. The molecule has 0 saturated carbocycles. The van der Waals surface area contributed by atoms with Gasteiger partial charge in [0, 0.05) is 6.07 Å². The first kappa shape index (κ1) is 10.8.